The van der Waals surface area contributed by atoms with Gasteiger partial charge in [0.05, 0.1) is 4.92 Å². The van der Waals surface area contributed by atoms with Gasteiger partial charge in [0.2, 0.25) is 0 Å². The molecule has 1 rings (SSSR count). The molecule has 4 nitrogen and oxygen atoms in total. The molecular formula is C7H3Cl2F2NO3. The lowest BCUT2D eigenvalue weighted by Gasteiger charge is -2.11. The fourth-order valence-electron chi connectivity index (χ4n) is 0.844. The van der Waals surface area contributed by atoms with Crippen molar-refractivity contribution < 1.29 is 18.4 Å². The average molecular weight is 258 g/mol. The van der Waals surface area contributed by atoms with Crippen LogP contribution in [0.5, 0.6) is 5.75 Å². The van der Waals surface area contributed by atoms with Gasteiger partial charge in [0.1, 0.15) is 0 Å². The van der Waals surface area contributed by atoms with Crippen molar-refractivity contribution in [2.24, 2.45) is 0 Å². The van der Waals surface area contributed by atoms with Crippen molar-refractivity contribution in [2.45, 2.75) is 5.57 Å². The highest BCUT2D eigenvalue weighted by molar-refractivity contribution is 6.34. The van der Waals surface area contributed by atoms with E-state index in [0.717, 1.165) is 18.2 Å². The third kappa shape index (κ3) is 3.17. The summed E-state index contributed by atoms with van der Waals surface area (Å²) in [5.41, 5.74) is -4.49. The first-order valence-electron chi connectivity index (χ1n) is 3.50. The molecule has 0 aliphatic rings. The van der Waals surface area contributed by atoms with Crippen molar-refractivity contribution in [1.82, 2.24) is 0 Å². The van der Waals surface area contributed by atoms with E-state index in [1.165, 1.54) is 0 Å². The molecule has 0 unspecified atom stereocenters. The molecule has 0 aliphatic heterocycles. The van der Waals surface area contributed by atoms with Crippen LogP contribution in [-0.4, -0.2) is 10.5 Å². The Morgan fingerprint density at radius 3 is 2.53 bits per heavy atom. The Bertz CT molecular complexity index is 394. The zero-order valence-corrected chi connectivity index (χ0v) is 8.43. The summed E-state index contributed by atoms with van der Waals surface area (Å²) in [6, 6.07) is 3.26. The predicted molar refractivity (Wildman–Crippen MR) is 49.5 cm³/mol. The van der Waals surface area contributed by atoms with Gasteiger partial charge in [0, 0.05) is 17.7 Å². The van der Waals surface area contributed by atoms with Gasteiger partial charge in [-0.25, -0.2) is 0 Å². The molecule has 0 amide bonds. The third-order valence-corrected chi connectivity index (χ3v) is 1.82. The molecular weight excluding hydrogens is 255 g/mol. The first kappa shape index (κ1) is 11.9. The summed E-state index contributed by atoms with van der Waals surface area (Å²) in [4.78, 5) is 9.57. The van der Waals surface area contributed by atoms with Crippen molar-refractivity contribution in [3.63, 3.8) is 0 Å². The van der Waals surface area contributed by atoms with Crippen molar-refractivity contribution in [3.05, 3.63) is 33.3 Å². The second kappa shape index (κ2) is 4.16. The Morgan fingerprint density at radius 2 is 2.07 bits per heavy atom. The summed E-state index contributed by atoms with van der Waals surface area (Å²) < 4.78 is 28.4. The van der Waals surface area contributed by atoms with E-state index in [9.17, 15) is 18.9 Å². The molecule has 0 atom stereocenters. The molecule has 0 saturated carbocycles. The number of nitro groups is 1. The average Bonchev–Trinajstić information content (AvgIpc) is 2.05. The number of hydrogen-bond acceptors (Lipinski definition) is 3. The molecule has 82 valence electrons. The van der Waals surface area contributed by atoms with Crippen LogP contribution in [0.2, 0.25) is 5.02 Å². The summed E-state index contributed by atoms with van der Waals surface area (Å²) in [5, 5.41) is 9.86. The molecule has 0 aliphatic carbocycles. The second-order valence-corrected chi connectivity index (χ2v) is 3.21. The molecule has 1 aromatic carbocycles. The quantitative estimate of drug-likeness (QED) is 0.474. The second-order valence-electron chi connectivity index (χ2n) is 2.39. The van der Waals surface area contributed by atoms with Crippen LogP contribution in [0, 0.1) is 10.1 Å². The SMILES string of the molecule is O=[N+]([O-])c1cccc(OC(F)(F)Cl)c1Cl. The van der Waals surface area contributed by atoms with Crippen LogP contribution in [0.15, 0.2) is 18.2 Å². The fourth-order valence-corrected chi connectivity index (χ4v) is 1.16. The fraction of sp³-hybridized carbons (Fsp3) is 0.143. The van der Waals surface area contributed by atoms with Crippen molar-refractivity contribution in [3.8, 4) is 5.75 Å². The number of alkyl halides is 3. The van der Waals surface area contributed by atoms with Gasteiger partial charge in [-0.3, -0.25) is 10.1 Å². The van der Waals surface area contributed by atoms with Crippen LogP contribution in [0.3, 0.4) is 0 Å². The Balaban J connectivity index is 3.10. The summed E-state index contributed by atoms with van der Waals surface area (Å²) in [5.74, 6) is -0.550. The summed E-state index contributed by atoms with van der Waals surface area (Å²) >= 11 is 9.94. The minimum atomic E-state index is -3.96. The molecule has 0 spiro atoms. The minimum absolute atomic E-state index is 0.525. The van der Waals surface area contributed by atoms with E-state index in [4.69, 9.17) is 11.6 Å². The molecule has 1 aromatic rings. The number of benzene rings is 1. The molecule has 0 saturated heterocycles. The largest absolute Gasteiger partial charge is 0.487 e. The zero-order valence-electron chi connectivity index (χ0n) is 6.92. The molecule has 0 radical (unpaired) electrons. The summed E-state index contributed by atoms with van der Waals surface area (Å²) in [6.07, 6.45) is 0. The third-order valence-electron chi connectivity index (χ3n) is 1.37. The first-order valence-corrected chi connectivity index (χ1v) is 4.25. The van der Waals surface area contributed by atoms with Crippen molar-refractivity contribution in [1.29, 1.82) is 0 Å². The van der Waals surface area contributed by atoms with E-state index in [2.05, 4.69) is 16.3 Å². The van der Waals surface area contributed by atoms with Gasteiger partial charge in [-0.2, -0.15) is 0 Å². The Kier molecular flexibility index (Phi) is 3.31. The topological polar surface area (TPSA) is 52.4 Å². The smallest absolute Gasteiger partial charge is 0.418 e. The van der Waals surface area contributed by atoms with E-state index in [-0.39, 0.29) is 0 Å². The van der Waals surface area contributed by atoms with Crippen LogP contribution in [0.4, 0.5) is 14.5 Å². The van der Waals surface area contributed by atoms with Crippen LogP contribution in [-0.2, 0) is 0 Å². The molecule has 0 heterocycles. The highest BCUT2D eigenvalue weighted by atomic mass is 35.5. The maximum atomic E-state index is 12.2. The number of hydrogen-bond donors (Lipinski definition) is 0. The van der Waals surface area contributed by atoms with Crippen LogP contribution in [0.25, 0.3) is 0 Å². The summed E-state index contributed by atoms with van der Waals surface area (Å²) in [7, 11) is 0. The number of nitro benzene ring substituents is 1. The summed E-state index contributed by atoms with van der Waals surface area (Å²) in [6.45, 7) is 0. The van der Waals surface area contributed by atoms with Gasteiger partial charge in [0.15, 0.2) is 10.8 Å². The van der Waals surface area contributed by atoms with E-state index < -0.39 is 27.0 Å². The van der Waals surface area contributed by atoms with Gasteiger partial charge < -0.3 is 4.74 Å². The Labute approximate surface area is 92.5 Å². The lowest BCUT2D eigenvalue weighted by Crippen LogP contribution is -2.16. The highest BCUT2D eigenvalue weighted by Crippen LogP contribution is 2.36. The number of halogens is 4. The maximum absolute atomic E-state index is 12.2. The van der Waals surface area contributed by atoms with Crippen molar-refractivity contribution >= 4 is 28.9 Å². The Hall–Kier alpha value is -1.14. The standard InChI is InChI=1S/C7H3Cl2F2NO3/c8-6-4(12(13)14)2-1-3-5(6)15-7(9,10)11/h1-3H. The number of nitrogens with zero attached hydrogens (tertiary/aromatic N) is 1. The lowest BCUT2D eigenvalue weighted by atomic mass is 10.3. The molecule has 15 heavy (non-hydrogen) atoms. The molecule has 8 heteroatoms. The molecule has 0 bridgehead atoms. The Morgan fingerprint density at radius 1 is 1.47 bits per heavy atom. The van der Waals surface area contributed by atoms with E-state index >= 15 is 0 Å². The molecule has 0 aromatic heterocycles. The van der Waals surface area contributed by atoms with E-state index in [1.54, 1.807) is 0 Å². The van der Waals surface area contributed by atoms with Crippen molar-refractivity contribution in [2.75, 3.05) is 0 Å². The van der Waals surface area contributed by atoms with Crippen LogP contribution in [0.1, 0.15) is 0 Å². The van der Waals surface area contributed by atoms with Gasteiger partial charge in [-0.15, -0.1) is 8.78 Å². The van der Waals surface area contributed by atoms with E-state index in [0.29, 0.717) is 0 Å². The van der Waals surface area contributed by atoms with Gasteiger partial charge in [0.25, 0.3) is 5.69 Å². The van der Waals surface area contributed by atoms with Gasteiger partial charge in [-0.1, -0.05) is 17.7 Å². The zero-order chi connectivity index (χ0) is 11.6. The number of ether oxygens (including phenoxy) is 1. The predicted octanol–water partition coefficient (Wildman–Crippen LogP) is 3.42. The maximum Gasteiger partial charge on any atom is 0.487 e. The molecule has 0 fully saturated rings. The highest BCUT2D eigenvalue weighted by Gasteiger charge is 2.30. The van der Waals surface area contributed by atoms with Crippen LogP contribution >= 0.6 is 23.2 Å². The number of rotatable bonds is 3. The minimum Gasteiger partial charge on any atom is -0.418 e. The monoisotopic (exact) mass is 257 g/mol. The first-order chi connectivity index (χ1) is 6.81. The van der Waals surface area contributed by atoms with Crippen LogP contribution < -0.4 is 4.74 Å². The van der Waals surface area contributed by atoms with E-state index in [1.807, 2.05) is 0 Å². The lowest BCUT2D eigenvalue weighted by molar-refractivity contribution is -0.384. The normalized spacial score (nSPS) is 11.2. The molecule has 0 N–H and O–H groups in total. The van der Waals surface area contributed by atoms with Gasteiger partial charge >= 0.3 is 5.57 Å². The van der Waals surface area contributed by atoms with Gasteiger partial charge in [-0.05, 0) is 6.07 Å².